The fraction of sp³-hybridized carbons (Fsp3) is 0.567. The Kier molecular flexibility index (Phi) is 9.23. The maximum absolute atomic E-state index is 12.7. The van der Waals surface area contributed by atoms with Crippen molar-refractivity contribution in [2.75, 3.05) is 19.8 Å². The maximum atomic E-state index is 12.7. The lowest BCUT2D eigenvalue weighted by Gasteiger charge is -2.56. The van der Waals surface area contributed by atoms with Crippen LogP contribution in [0.25, 0.3) is 0 Å². The molecule has 2 aromatic rings. The van der Waals surface area contributed by atoms with Gasteiger partial charge in [-0.2, -0.15) is 0 Å². The van der Waals surface area contributed by atoms with Crippen molar-refractivity contribution in [2.45, 2.75) is 69.6 Å². The molecule has 238 valence electrons. The van der Waals surface area contributed by atoms with E-state index in [1.165, 1.54) is 6.07 Å². The number of aliphatic hydroxyl groups excluding tert-OH is 2. The number of rotatable bonds is 13. The van der Waals surface area contributed by atoms with Gasteiger partial charge in [-0.3, -0.25) is 0 Å². The molecule has 6 atom stereocenters. The molecule has 1 aromatic carbocycles. The van der Waals surface area contributed by atoms with Gasteiger partial charge in [0, 0.05) is 31.1 Å². The maximum Gasteiger partial charge on any atom is 0.359 e. The highest BCUT2D eigenvalue weighted by Crippen LogP contribution is 2.62. The number of hydrogen-bond acceptors (Lipinski definition) is 11. The summed E-state index contributed by atoms with van der Waals surface area (Å²) in [5.41, 5.74) is 0.240. The predicted octanol–water partition coefficient (Wildman–Crippen LogP) is 2.70. The van der Waals surface area contributed by atoms with Crippen LogP contribution in [0.15, 0.2) is 35.0 Å². The van der Waals surface area contributed by atoms with E-state index in [2.05, 4.69) is 21.5 Å². The normalized spacial score (nSPS) is 28.0. The molecule has 0 unspecified atom stereocenters. The molecule has 44 heavy (non-hydrogen) atoms. The molecule has 1 aromatic heterocycles. The van der Waals surface area contributed by atoms with Crippen molar-refractivity contribution in [1.29, 1.82) is 0 Å². The van der Waals surface area contributed by atoms with Crippen molar-refractivity contribution in [2.24, 2.45) is 22.9 Å². The zero-order valence-electron chi connectivity index (χ0n) is 24.4. The molecule has 1 aliphatic heterocycles. The van der Waals surface area contributed by atoms with E-state index < -0.39 is 47.0 Å². The molecule has 0 radical (unpaired) electrons. The second-order valence-electron chi connectivity index (χ2n) is 11.5. The predicted molar refractivity (Wildman–Crippen MR) is 154 cm³/mol. The van der Waals surface area contributed by atoms with Crippen molar-refractivity contribution >= 4 is 17.7 Å². The number of fused-ring (bicyclic) bond motifs is 2. The highest BCUT2D eigenvalue weighted by atomic mass is 16.6. The van der Waals surface area contributed by atoms with E-state index in [-0.39, 0.29) is 43.8 Å². The first-order chi connectivity index (χ1) is 21.2. The number of allylic oxidation sites excluding steroid dienone is 1. The summed E-state index contributed by atoms with van der Waals surface area (Å²) in [4.78, 5) is 29.7. The molecule has 14 nitrogen and oxygen atoms in total. The number of aliphatic hydroxyl groups is 3. The highest BCUT2D eigenvalue weighted by Gasteiger charge is 2.63. The summed E-state index contributed by atoms with van der Waals surface area (Å²) in [7, 11) is 0. The Hall–Kier alpha value is -4.01. The summed E-state index contributed by atoms with van der Waals surface area (Å²) < 4.78 is 7.24. The summed E-state index contributed by atoms with van der Waals surface area (Å²) in [6.45, 7) is 2.07. The minimum Gasteiger partial charge on any atom is -0.508 e. The first kappa shape index (κ1) is 31.4. The van der Waals surface area contributed by atoms with Crippen molar-refractivity contribution in [3.8, 4) is 11.5 Å². The number of aromatic nitrogens is 3. The Morgan fingerprint density at radius 3 is 2.50 bits per heavy atom. The Labute approximate surface area is 253 Å². The summed E-state index contributed by atoms with van der Waals surface area (Å²) in [5.74, 6) is -6.46. The first-order valence-electron chi connectivity index (χ1n) is 14.9. The first-order valence-corrected chi connectivity index (χ1v) is 14.9. The number of carboxylic acids is 2. The molecule has 0 spiro atoms. The number of unbranched alkanes of at least 4 members (excludes halogenated alkanes) is 2. The molecule has 1 fully saturated rings. The van der Waals surface area contributed by atoms with Gasteiger partial charge in [0.2, 0.25) is 11.5 Å². The van der Waals surface area contributed by atoms with E-state index in [1.54, 1.807) is 19.1 Å². The van der Waals surface area contributed by atoms with Gasteiger partial charge >= 0.3 is 11.9 Å². The highest BCUT2D eigenvalue weighted by molar-refractivity contribution is 6.03. The number of ether oxygens (including phenoxy) is 1. The molecule has 6 N–H and O–H groups in total. The summed E-state index contributed by atoms with van der Waals surface area (Å²) in [6, 6.07) is 3.31. The van der Waals surface area contributed by atoms with Crippen LogP contribution in [-0.4, -0.2) is 88.9 Å². The van der Waals surface area contributed by atoms with Crippen molar-refractivity contribution in [3.63, 3.8) is 0 Å². The number of aromatic carboxylic acids is 2. The van der Waals surface area contributed by atoms with Gasteiger partial charge in [-0.15, -0.1) is 5.10 Å². The number of nitrogens with zero attached hydrogens (tertiary/aromatic N) is 4. The molecular weight excluding hydrogens is 576 g/mol. The third-order valence-electron chi connectivity index (χ3n) is 8.96. The van der Waals surface area contributed by atoms with Crippen LogP contribution in [0.3, 0.4) is 0 Å². The van der Waals surface area contributed by atoms with E-state index in [1.807, 2.05) is 0 Å². The Morgan fingerprint density at radius 1 is 1.11 bits per heavy atom. The zero-order valence-corrected chi connectivity index (χ0v) is 24.4. The number of phenolic OH excluding ortho intramolecular Hbond substituents is 1. The number of aromatic hydroxyl groups is 1. The average molecular weight is 615 g/mol. The van der Waals surface area contributed by atoms with E-state index >= 15 is 0 Å². The van der Waals surface area contributed by atoms with E-state index in [0.717, 1.165) is 17.5 Å². The molecule has 1 saturated carbocycles. The quantitative estimate of drug-likeness (QED) is 0.142. The summed E-state index contributed by atoms with van der Waals surface area (Å²) in [6.07, 6.45) is 5.95. The van der Waals surface area contributed by atoms with Crippen LogP contribution in [0, 0.1) is 17.8 Å². The van der Waals surface area contributed by atoms with E-state index in [0.29, 0.717) is 48.3 Å². The molecule has 0 amide bonds. The molecule has 5 rings (SSSR count). The van der Waals surface area contributed by atoms with Crippen molar-refractivity contribution in [1.82, 2.24) is 15.0 Å². The van der Waals surface area contributed by atoms with Crippen LogP contribution in [0.1, 0.15) is 90.4 Å². The second kappa shape index (κ2) is 12.9. The SMILES string of the molecule is CCON=C1C[C@H](n2nnc(C(=O)O)c2C(=O)O)[C@@]2(O)Oc3ccc(O)cc3[C@H]3[C@H](CCCCO)[C@@H](CCCCO)C=C1[C@H]32. The zero-order chi connectivity index (χ0) is 31.6. The van der Waals surface area contributed by atoms with Crippen molar-refractivity contribution in [3.05, 3.63) is 46.8 Å². The number of phenols is 1. The Balaban J connectivity index is 1.75. The summed E-state index contributed by atoms with van der Waals surface area (Å²) >= 11 is 0. The standard InChI is InChI=1S/C30H38N4O10/c1-2-43-32-21-15-23(34-27(29(40)41)26(28(38)39)31-33-34)30(42)25-19(21)13-16(7-3-5-11-35)18(8-4-6-12-36)24(25)20-14-17(37)9-10-22(20)44-30/h9-10,13-14,16,18,23-25,35-37,42H,2-8,11-12,15H2,1H3,(H,38,39)(H,40,41)/t16-,18+,23-,24+,25+,30+/m0/s1. The molecule has 0 bridgehead atoms. The van der Waals surface area contributed by atoms with Gasteiger partial charge in [-0.05, 0) is 68.2 Å². The molecule has 2 aliphatic carbocycles. The second-order valence-corrected chi connectivity index (χ2v) is 11.5. The van der Waals surface area contributed by atoms with Crippen LogP contribution >= 0.6 is 0 Å². The molecular formula is C30H38N4O10. The molecule has 14 heteroatoms. The van der Waals surface area contributed by atoms with Gasteiger partial charge < -0.3 is 40.2 Å². The largest absolute Gasteiger partial charge is 0.508 e. The van der Waals surface area contributed by atoms with Crippen LogP contribution in [0.2, 0.25) is 0 Å². The smallest absolute Gasteiger partial charge is 0.359 e. The Bertz CT molecular complexity index is 1460. The average Bonchev–Trinajstić information content (AvgIpc) is 3.44. The van der Waals surface area contributed by atoms with Crippen LogP contribution in [0.4, 0.5) is 0 Å². The van der Waals surface area contributed by atoms with Gasteiger partial charge in [-0.25, -0.2) is 14.3 Å². The molecule has 3 aliphatic rings. The van der Waals surface area contributed by atoms with Gasteiger partial charge in [0.05, 0.1) is 11.6 Å². The minimum absolute atomic E-state index is 0.00550. The fourth-order valence-corrected chi connectivity index (χ4v) is 7.21. The fourth-order valence-electron chi connectivity index (χ4n) is 7.21. The Morgan fingerprint density at radius 2 is 1.84 bits per heavy atom. The lowest BCUT2D eigenvalue weighted by atomic mass is 9.55. The number of oxime groups is 1. The molecule has 0 saturated heterocycles. The molecule has 2 heterocycles. The topological polar surface area (TPSA) is 217 Å². The van der Waals surface area contributed by atoms with Crippen molar-refractivity contribution < 1.29 is 49.8 Å². The summed E-state index contributed by atoms with van der Waals surface area (Å²) in [5, 5.41) is 73.9. The number of benzene rings is 1. The van der Waals surface area contributed by atoms with E-state index in [4.69, 9.17) is 9.57 Å². The van der Waals surface area contributed by atoms with Gasteiger partial charge in [0.15, 0.2) is 5.69 Å². The minimum atomic E-state index is -2.13. The van der Waals surface area contributed by atoms with Gasteiger partial charge in [0.25, 0.3) is 0 Å². The lowest BCUT2D eigenvalue weighted by Crippen LogP contribution is -2.62. The van der Waals surface area contributed by atoms with Crippen LogP contribution in [-0.2, 0) is 4.84 Å². The van der Waals surface area contributed by atoms with Gasteiger partial charge in [0.1, 0.15) is 24.1 Å². The van der Waals surface area contributed by atoms with E-state index in [9.17, 15) is 40.2 Å². The third-order valence-corrected chi connectivity index (χ3v) is 8.96. The van der Waals surface area contributed by atoms with Crippen LogP contribution < -0.4 is 4.74 Å². The lowest BCUT2D eigenvalue weighted by molar-refractivity contribution is -0.225. The number of carboxylic acid groups (broad SMARTS) is 2. The number of carbonyl (C=O) groups is 2. The monoisotopic (exact) mass is 614 g/mol. The van der Waals surface area contributed by atoms with Crippen LogP contribution in [0.5, 0.6) is 11.5 Å². The third kappa shape index (κ3) is 5.53. The van der Waals surface area contributed by atoms with Gasteiger partial charge in [-0.1, -0.05) is 29.3 Å². The number of hydrogen-bond donors (Lipinski definition) is 6.